The van der Waals surface area contributed by atoms with Crippen LogP contribution in [0.15, 0.2) is 42.5 Å². The zero-order chi connectivity index (χ0) is 24.0. The summed E-state index contributed by atoms with van der Waals surface area (Å²) in [5.74, 6) is 0.585. The Kier molecular flexibility index (Phi) is 7.92. The normalized spacial score (nSPS) is 15.7. The maximum atomic E-state index is 12.9. The van der Waals surface area contributed by atoms with Gasteiger partial charge in [0.25, 0.3) is 5.91 Å². The Balaban J connectivity index is 1.56. The van der Waals surface area contributed by atoms with Crippen LogP contribution in [-0.4, -0.2) is 55.1 Å². The third-order valence-electron chi connectivity index (χ3n) is 5.41. The van der Waals surface area contributed by atoms with Crippen molar-refractivity contribution in [1.82, 2.24) is 10.2 Å². The van der Waals surface area contributed by atoms with Gasteiger partial charge in [0.2, 0.25) is 5.91 Å². The minimum atomic E-state index is -0.658. The van der Waals surface area contributed by atoms with Gasteiger partial charge in [-0.25, -0.2) is 4.79 Å². The second kappa shape index (κ2) is 10.8. The molecule has 1 aliphatic rings. The predicted molar refractivity (Wildman–Crippen MR) is 126 cm³/mol. The number of benzene rings is 2. The summed E-state index contributed by atoms with van der Waals surface area (Å²) in [6, 6.07) is 11.9. The van der Waals surface area contributed by atoms with Crippen LogP contribution in [0.2, 0.25) is 0 Å². The van der Waals surface area contributed by atoms with Gasteiger partial charge in [-0.1, -0.05) is 23.8 Å². The van der Waals surface area contributed by atoms with Gasteiger partial charge in [-0.3, -0.25) is 19.4 Å². The molecule has 1 fully saturated rings. The molecule has 1 unspecified atom stereocenters. The van der Waals surface area contributed by atoms with Crippen LogP contribution in [0.3, 0.4) is 0 Å². The second-order valence-electron chi connectivity index (χ2n) is 7.84. The van der Waals surface area contributed by atoms with Gasteiger partial charge in [-0.05, 0) is 63.9 Å². The molecule has 1 heterocycles. The monoisotopic (exact) mass is 453 g/mol. The average molecular weight is 454 g/mol. The Morgan fingerprint density at radius 3 is 2.33 bits per heavy atom. The Bertz CT molecular complexity index is 1010. The summed E-state index contributed by atoms with van der Waals surface area (Å²) >= 11 is 0. The molecule has 1 aliphatic heterocycles. The number of anilines is 1. The number of rotatable bonds is 10. The van der Waals surface area contributed by atoms with Crippen molar-refractivity contribution in [3.8, 4) is 11.5 Å². The van der Waals surface area contributed by atoms with E-state index >= 15 is 0 Å². The summed E-state index contributed by atoms with van der Waals surface area (Å²) < 4.78 is 11.2. The lowest BCUT2D eigenvalue weighted by Crippen LogP contribution is -2.42. The summed E-state index contributed by atoms with van der Waals surface area (Å²) in [6.45, 7) is 8.56. The van der Waals surface area contributed by atoms with E-state index in [0.717, 1.165) is 16.0 Å². The van der Waals surface area contributed by atoms with Crippen molar-refractivity contribution in [2.45, 2.75) is 40.2 Å². The van der Waals surface area contributed by atoms with Crippen LogP contribution in [0.5, 0.6) is 11.5 Å². The molecule has 33 heavy (non-hydrogen) atoms. The third kappa shape index (κ3) is 5.63. The van der Waals surface area contributed by atoms with Gasteiger partial charge in [-0.15, -0.1) is 0 Å². The molecule has 0 spiro atoms. The molecule has 2 aromatic carbocycles. The largest absolute Gasteiger partial charge is 0.490 e. The number of carbonyl (C=O) groups excluding carboxylic acids is 3. The summed E-state index contributed by atoms with van der Waals surface area (Å²) in [5.41, 5.74) is 2.67. The molecule has 3 rings (SSSR count). The fraction of sp³-hybridized carbons (Fsp3) is 0.400. The van der Waals surface area contributed by atoms with Crippen LogP contribution in [0.25, 0.3) is 0 Å². The highest BCUT2D eigenvalue weighted by Crippen LogP contribution is 2.29. The first kappa shape index (κ1) is 24.1. The summed E-state index contributed by atoms with van der Waals surface area (Å²) in [4.78, 5) is 40.4. The third-order valence-corrected chi connectivity index (χ3v) is 5.41. The van der Waals surface area contributed by atoms with Crippen molar-refractivity contribution in [3.63, 3.8) is 0 Å². The summed E-state index contributed by atoms with van der Waals surface area (Å²) in [6.07, 6.45) is 0.575. The maximum absolute atomic E-state index is 12.9. The molecular weight excluding hydrogens is 422 g/mol. The Hall–Kier alpha value is -3.55. The lowest BCUT2D eigenvalue weighted by molar-refractivity contribution is -0.131. The molecule has 8 heteroatoms. The van der Waals surface area contributed by atoms with Gasteiger partial charge >= 0.3 is 6.03 Å². The van der Waals surface area contributed by atoms with E-state index in [-0.39, 0.29) is 18.4 Å². The minimum absolute atomic E-state index is 0.308. The van der Waals surface area contributed by atoms with Crippen LogP contribution in [-0.2, 0) is 16.0 Å². The van der Waals surface area contributed by atoms with E-state index in [0.29, 0.717) is 43.4 Å². The molecular formula is C25H31N3O5. The highest BCUT2D eigenvalue weighted by atomic mass is 16.5. The lowest BCUT2D eigenvalue weighted by atomic mass is 10.1. The van der Waals surface area contributed by atoms with Crippen LogP contribution in [0.1, 0.15) is 31.9 Å². The van der Waals surface area contributed by atoms with Gasteiger partial charge in [0, 0.05) is 12.2 Å². The molecule has 2 aromatic rings. The minimum Gasteiger partial charge on any atom is -0.490 e. The predicted octanol–water partition coefficient (Wildman–Crippen LogP) is 3.31. The van der Waals surface area contributed by atoms with E-state index in [1.54, 1.807) is 19.1 Å². The number of aryl methyl sites for hydroxylation is 1. The van der Waals surface area contributed by atoms with Crippen molar-refractivity contribution in [1.29, 1.82) is 0 Å². The maximum Gasteiger partial charge on any atom is 0.332 e. The number of amides is 4. The van der Waals surface area contributed by atoms with Crippen LogP contribution < -0.4 is 19.7 Å². The van der Waals surface area contributed by atoms with E-state index in [1.165, 1.54) is 4.90 Å². The molecule has 1 N–H and O–H groups in total. The van der Waals surface area contributed by atoms with E-state index in [1.807, 2.05) is 51.1 Å². The average Bonchev–Trinajstić information content (AvgIpc) is 2.99. The van der Waals surface area contributed by atoms with E-state index in [2.05, 4.69) is 5.32 Å². The van der Waals surface area contributed by atoms with Gasteiger partial charge < -0.3 is 14.8 Å². The SMILES string of the molecule is CCOc1ccc(CCNC(=O)CN2C(=O)C(C)N(c3ccc(C)cc3)C2=O)cc1OCC. The lowest BCUT2D eigenvalue weighted by Gasteiger charge is -2.19. The Morgan fingerprint density at radius 2 is 1.67 bits per heavy atom. The van der Waals surface area contributed by atoms with E-state index in [4.69, 9.17) is 9.47 Å². The van der Waals surface area contributed by atoms with Crippen LogP contribution in [0, 0.1) is 6.92 Å². The van der Waals surface area contributed by atoms with Gasteiger partial charge in [-0.2, -0.15) is 0 Å². The quantitative estimate of drug-likeness (QED) is 0.558. The molecule has 1 atom stereocenters. The van der Waals surface area contributed by atoms with Crippen LogP contribution >= 0.6 is 0 Å². The first-order valence-electron chi connectivity index (χ1n) is 11.2. The van der Waals surface area contributed by atoms with Crippen molar-refractivity contribution in [2.75, 3.05) is 31.2 Å². The van der Waals surface area contributed by atoms with E-state index in [9.17, 15) is 14.4 Å². The summed E-state index contributed by atoms with van der Waals surface area (Å²) in [7, 11) is 0. The number of carbonyl (C=O) groups is 3. The van der Waals surface area contributed by atoms with Crippen molar-refractivity contribution in [3.05, 3.63) is 53.6 Å². The van der Waals surface area contributed by atoms with Crippen LogP contribution in [0.4, 0.5) is 10.5 Å². The van der Waals surface area contributed by atoms with Crippen molar-refractivity contribution in [2.24, 2.45) is 0 Å². The molecule has 0 aromatic heterocycles. The zero-order valence-corrected chi connectivity index (χ0v) is 19.6. The first-order valence-corrected chi connectivity index (χ1v) is 11.2. The molecule has 0 aliphatic carbocycles. The molecule has 0 radical (unpaired) electrons. The number of nitrogens with zero attached hydrogens (tertiary/aromatic N) is 2. The first-order chi connectivity index (χ1) is 15.8. The number of imide groups is 1. The number of nitrogens with one attached hydrogen (secondary N) is 1. The molecule has 0 bridgehead atoms. The summed E-state index contributed by atoms with van der Waals surface area (Å²) in [5, 5.41) is 2.79. The number of urea groups is 1. The molecule has 1 saturated heterocycles. The van der Waals surface area contributed by atoms with Gasteiger partial charge in [0.15, 0.2) is 11.5 Å². The molecule has 176 valence electrons. The number of hydrogen-bond acceptors (Lipinski definition) is 5. The second-order valence-corrected chi connectivity index (χ2v) is 7.84. The van der Waals surface area contributed by atoms with Gasteiger partial charge in [0.05, 0.1) is 13.2 Å². The fourth-order valence-corrected chi connectivity index (χ4v) is 3.71. The topological polar surface area (TPSA) is 88.2 Å². The Labute approximate surface area is 194 Å². The smallest absolute Gasteiger partial charge is 0.332 e. The van der Waals surface area contributed by atoms with E-state index < -0.39 is 12.1 Å². The van der Waals surface area contributed by atoms with Crippen molar-refractivity contribution >= 4 is 23.5 Å². The van der Waals surface area contributed by atoms with Gasteiger partial charge in [0.1, 0.15) is 12.6 Å². The molecule has 8 nitrogen and oxygen atoms in total. The zero-order valence-electron chi connectivity index (χ0n) is 19.6. The highest BCUT2D eigenvalue weighted by Gasteiger charge is 2.43. The fourth-order valence-electron chi connectivity index (χ4n) is 3.71. The van der Waals surface area contributed by atoms with Crippen molar-refractivity contribution < 1.29 is 23.9 Å². The highest BCUT2D eigenvalue weighted by molar-refractivity contribution is 6.15. The number of hydrogen-bond donors (Lipinski definition) is 1. The molecule has 0 saturated carbocycles. The standard InChI is InChI=1S/C25H31N3O5/c1-5-32-21-12-9-19(15-22(21)33-6-2)13-14-26-23(29)16-27-24(30)18(4)28(25(27)31)20-10-7-17(3)8-11-20/h7-12,15,18H,5-6,13-14,16H2,1-4H3,(H,26,29). The molecule has 4 amide bonds. The Morgan fingerprint density at radius 1 is 1.00 bits per heavy atom. The number of ether oxygens (including phenoxy) is 2.